The molecule has 0 amide bonds. The van der Waals surface area contributed by atoms with Crippen molar-refractivity contribution >= 4 is 17.9 Å². The molecule has 1 atom stereocenters. The number of hydrogen-bond acceptors (Lipinski definition) is 6. The summed E-state index contributed by atoms with van der Waals surface area (Å²) in [5.41, 5.74) is 0. The summed E-state index contributed by atoms with van der Waals surface area (Å²) >= 11 is 0. The molecule has 1 unspecified atom stereocenters. The minimum absolute atomic E-state index is 0.101. The van der Waals surface area contributed by atoms with E-state index in [9.17, 15) is 14.4 Å². The van der Waals surface area contributed by atoms with Crippen molar-refractivity contribution in [1.82, 2.24) is 0 Å². The number of carbonyl (C=O) groups is 3. The zero-order valence-electron chi connectivity index (χ0n) is 37.6. The number of esters is 3. The maximum Gasteiger partial charge on any atom is 0.309 e. The molecule has 0 aliphatic heterocycles. The molecule has 0 heterocycles. The predicted octanol–water partition coefficient (Wildman–Crippen LogP) is 15.5. The van der Waals surface area contributed by atoms with Crippen molar-refractivity contribution in [2.24, 2.45) is 0 Å². The first-order chi connectivity index (χ1) is 28.0. The second-order valence-electron chi connectivity index (χ2n) is 16.0. The third-order valence-electron chi connectivity index (χ3n) is 10.4. The molecule has 0 N–H and O–H groups in total. The fourth-order valence-corrected chi connectivity index (χ4v) is 6.73. The van der Waals surface area contributed by atoms with E-state index in [1.807, 2.05) is 6.08 Å². The van der Waals surface area contributed by atoms with Crippen LogP contribution in [0.25, 0.3) is 0 Å². The van der Waals surface area contributed by atoms with Crippen LogP contribution in [0.5, 0.6) is 0 Å². The van der Waals surface area contributed by atoms with Gasteiger partial charge in [0.2, 0.25) is 0 Å². The first-order valence-electron chi connectivity index (χ1n) is 24.1. The second-order valence-corrected chi connectivity index (χ2v) is 16.0. The smallest absolute Gasteiger partial charge is 0.309 e. The van der Waals surface area contributed by atoms with E-state index in [2.05, 4.69) is 57.2 Å². The Morgan fingerprint density at radius 1 is 0.386 bits per heavy atom. The van der Waals surface area contributed by atoms with Crippen LogP contribution in [0.2, 0.25) is 0 Å². The topological polar surface area (TPSA) is 78.9 Å². The maximum absolute atomic E-state index is 12.7. The Hall–Kier alpha value is -2.63. The van der Waals surface area contributed by atoms with Crippen LogP contribution in [0.3, 0.4) is 0 Å². The van der Waals surface area contributed by atoms with Gasteiger partial charge in [0.15, 0.2) is 6.10 Å². The van der Waals surface area contributed by atoms with Crippen molar-refractivity contribution in [2.75, 3.05) is 13.2 Å². The van der Waals surface area contributed by atoms with Gasteiger partial charge in [-0.1, -0.05) is 211 Å². The van der Waals surface area contributed by atoms with E-state index in [1.54, 1.807) is 6.08 Å². The zero-order valence-corrected chi connectivity index (χ0v) is 37.6. The highest BCUT2D eigenvalue weighted by Crippen LogP contribution is 2.15. The first kappa shape index (κ1) is 54.4. The third-order valence-corrected chi connectivity index (χ3v) is 10.4. The first-order valence-corrected chi connectivity index (χ1v) is 24.1. The standard InChI is InChI=1S/C51H90O6/c1-4-7-10-13-16-19-21-23-24-25-26-27-28-30-32-35-38-41-44-50(53)56-47-48(46-55-49(52)43-40-37-34-31-18-15-12-9-6-3)57-51(54)45-42-39-36-33-29-22-20-17-14-11-8-5-2/h9,12,17-18,20,31,37,40,48H,4-8,10-11,13-16,19,21-30,32-36,38-39,41-47H2,1-3H3/b12-9-,20-17-,31-18-,40-37-. The summed E-state index contributed by atoms with van der Waals surface area (Å²) in [6, 6.07) is 0. The van der Waals surface area contributed by atoms with Gasteiger partial charge in [-0.25, -0.2) is 0 Å². The number of hydrogen-bond donors (Lipinski definition) is 0. The normalized spacial score (nSPS) is 12.4. The number of unbranched alkanes of at least 4 members (excludes halogenated alkanes) is 25. The van der Waals surface area contributed by atoms with Gasteiger partial charge < -0.3 is 14.2 Å². The van der Waals surface area contributed by atoms with E-state index in [0.29, 0.717) is 12.8 Å². The molecule has 0 fully saturated rings. The molecule has 6 nitrogen and oxygen atoms in total. The zero-order chi connectivity index (χ0) is 41.5. The van der Waals surface area contributed by atoms with Gasteiger partial charge in [0, 0.05) is 12.8 Å². The summed E-state index contributed by atoms with van der Waals surface area (Å²) in [6.07, 6.45) is 54.2. The van der Waals surface area contributed by atoms with Gasteiger partial charge in [-0.05, 0) is 57.8 Å². The number of allylic oxidation sites excluding steroid dienone is 7. The predicted molar refractivity (Wildman–Crippen MR) is 242 cm³/mol. The van der Waals surface area contributed by atoms with Crippen LogP contribution in [-0.2, 0) is 28.6 Å². The Morgan fingerprint density at radius 2 is 0.754 bits per heavy atom. The summed E-state index contributed by atoms with van der Waals surface area (Å²) in [5, 5.41) is 0. The molecular formula is C51H90O6. The molecule has 57 heavy (non-hydrogen) atoms. The molecule has 0 aliphatic rings. The lowest BCUT2D eigenvalue weighted by molar-refractivity contribution is -0.166. The van der Waals surface area contributed by atoms with Crippen LogP contribution in [0.4, 0.5) is 0 Å². The van der Waals surface area contributed by atoms with E-state index < -0.39 is 12.1 Å². The molecule has 0 radical (unpaired) electrons. The van der Waals surface area contributed by atoms with Gasteiger partial charge in [-0.3, -0.25) is 14.4 Å². The van der Waals surface area contributed by atoms with Crippen LogP contribution < -0.4 is 0 Å². The van der Waals surface area contributed by atoms with E-state index in [4.69, 9.17) is 14.2 Å². The number of rotatable bonds is 43. The molecular weight excluding hydrogens is 709 g/mol. The Bertz CT molecular complexity index is 1010. The van der Waals surface area contributed by atoms with Crippen LogP contribution in [0.1, 0.15) is 239 Å². The summed E-state index contributed by atoms with van der Waals surface area (Å²) in [6.45, 7) is 6.40. The van der Waals surface area contributed by atoms with Crippen molar-refractivity contribution in [2.45, 2.75) is 245 Å². The lowest BCUT2D eigenvalue weighted by Gasteiger charge is -2.18. The molecule has 0 aliphatic carbocycles. The van der Waals surface area contributed by atoms with Gasteiger partial charge in [0.25, 0.3) is 0 Å². The second kappa shape index (κ2) is 46.1. The average molecular weight is 799 g/mol. The summed E-state index contributed by atoms with van der Waals surface area (Å²) in [4.78, 5) is 37.7. The minimum Gasteiger partial charge on any atom is -0.462 e. The number of ether oxygens (including phenoxy) is 3. The fourth-order valence-electron chi connectivity index (χ4n) is 6.73. The molecule has 0 rings (SSSR count). The SMILES string of the molecule is CC/C=C\C/C=C\C/C=C\CC(=O)OCC(COC(=O)CCCCCCCCCCCCCCCCCCCC)OC(=O)CCCCCCC/C=C\CCCCC. The van der Waals surface area contributed by atoms with Crippen LogP contribution in [-0.4, -0.2) is 37.2 Å². The Kier molecular flexibility index (Phi) is 43.9. The van der Waals surface area contributed by atoms with E-state index >= 15 is 0 Å². The summed E-state index contributed by atoms with van der Waals surface area (Å²) in [7, 11) is 0. The van der Waals surface area contributed by atoms with Crippen molar-refractivity contribution in [1.29, 1.82) is 0 Å². The molecule has 0 bridgehead atoms. The van der Waals surface area contributed by atoms with Gasteiger partial charge in [0.05, 0.1) is 6.42 Å². The van der Waals surface area contributed by atoms with Crippen LogP contribution in [0, 0.1) is 0 Å². The largest absolute Gasteiger partial charge is 0.462 e. The van der Waals surface area contributed by atoms with Gasteiger partial charge >= 0.3 is 17.9 Å². The lowest BCUT2D eigenvalue weighted by atomic mass is 10.0. The molecule has 0 spiro atoms. The van der Waals surface area contributed by atoms with Crippen molar-refractivity contribution < 1.29 is 28.6 Å². The molecule has 6 heteroatoms. The van der Waals surface area contributed by atoms with Crippen LogP contribution >= 0.6 is 0 Å². The van der Waals surface area contributed by atoms with Crippen molar-refractivity contribution in [3.8, 4) is 0 Å². The molecule has 0 aromatic rings. The Labute approximate surface area is 352 Å². The molecule has 0 aromatic carbocycles. The van der Waals surface area contributed by atoms with E-state index in [0.717, 1.165) is 70.6 Å². The average Bonchev–Trinajstić information content (AvgIpc) is 3.21. The molecule has 0 saturated carbocycles. The maximum atomic E-state index is 12.7. The lowest BCUT2D eigenvalue weighted by Crippen LogP contribution is -2.30. The quantitative estimate of drug-likeness (QED) is 0.0265. The molecule has 0 saturated heterocycles. The van der Waals surface area contributed by atoms with Gasteiger partial charge in [-0.15, -0.1) is 0 Å². The highest BCUT2D eigenvalue weighted by Gasteiger charge is 2.19. The highest BCUT2D eigenvalue weighted by atomic mass is 16.6. The molecule has 0 aromatic heterocycles. The van der Waals surface area contributed by atoms with E-state index in [-0.39, 0.29) is 31.6 Å². The summed E-state index contributed by atoms with van der Waals surface area (Å²) in [5.74, 6) is -1.04. The Balaban J connectivity index is 4.32. The minimum atomic E-state index is -0.807. The third kappa shape index (κ3) is 44.3. The van der Waals surface area contributed by atoms with Crippen LogP contribution in [0.15, 0.2) is 48.6 Å². The fraction of sp³-hybridized carbons (Fsp3) is 0.784. The highest BCUT2D eigenvalue weighted by molar-refractivity contribution is 5.72. The number of carbonyl (C=O) groups excluding carboxylic acids is 3. The Morgan fingerprint density at radius 3 is 1.25 bits per heavy atom. The van der Waals surface area contributed by atoms with Gasteiger partial charge in [0.1, 0.15) is 13.2 Å². The van der Waals surface area contributed by atoms with E-state index in [1.165, 1.54) is 128 Å². The monoisotopic (exact) mass is 799 g/mol. The molecule has 330 valence electrons. The summed E-state index contributed by atoms with van der Waals surface area (Å²) < 4.78 is 16.6. The van der Waals surface area contributed by atoms with Gasteiger partial charge in [-0.2, -0.15) is 0 Å². The van der Waals surface area contributed by atoms with Crippen molar-refractivity contribution in [3.63, 3.8) is 0 Å². The van der Waals surface area contributed by atoms with Crippen molar-refractivity contribution in [3.05, 3.63) is 48.6 Å².